The minimum absolute atomic E-state index is 0.425. The van der Waals surface area contributed by atoms with Crippen molar-refractivity contribution in [2.45, 2.75) is 19.4 Å². The molecule has 0 aromatic heterocycles. The van der Waals surface area contributed by atoms with Crippen LogP contribution in [0.15, 0.2) is 42.5 Å². The van der Waals surface area contributed by atoms with Crippen LogP contribution in [0.25, 0.3) is 0 Å². The zero-order valence-electron chi connectivity index (χ0n) is 10.4. The minimum Gasteiger partial charge on any atom is -0.318 e. The lowest BCUT2D eigenvalue weighted by Crippen LogP contribution is -2.35. The molecule has 1 nitrogen and oxygen atoms in total. The first-order valence-corrected chi connectivity index (χ1v) is 5.73. The highest BCUT2D eigenvalue weighted by Crippen LogP contribution is 2.29. The third-order valence-corrected chi connectivity index (χ3v) is 3.17. The smallest absolute Gasteiger partial charge is 0.126 e. The van der Waals surface area contributed by atoms with E-state index >= 15 is 0 Å². The molecule has 1 unspecified atom stereocenters. The molecule has 0 aliphatic carbocycles. The van der Waals surface area contributed by atoms with E-state index in [0.29, 0.717) is 5.56 Å². The summed E-state index contributed by atoms with van der Waals surface area (Å²) in [6.07, 6.45) is 0. The van der Waals surface area contributed by atoms with Crippen LogP contribution in [0.1, 0.15) is 23.6 Å². The molecular weight excluding hydrogens is 232 g/mol. The Balaban J connectivity index is 2.57. The molecule has 0 amide bonds. The predicted molar refractivity (Wildman–Crippen MR) is 68.2 cm³/mol. The molecule has 0 saturated carbocycles. The van der Waals surface area contributed by atoms with E-state index in [9.17, 15) is 8.78 Å². The maximum absolute atomic E-state index is 13.3. The quantitative estimate of drug-likeness (QED) is 0.863. The van der Waals surface area contributed by atoms with Crippen molar-refractivity contribution in [1.82, 2.24) is 0 Å². The van der Waals surface area contributed by atoms with Crippen LogP contribution in [-0.2, 0) is 5.54 Å². The number of hydrogen-bond acceptors (Lipinski definition) is 1. The summed E-state index contributed by atoms with van der Waals surface area (Å²) < 4.78 is 26.6. The van der Waals surface area contributed by atoms with Gasteiger partial charge in [-0.2, -0.15) is 0 Å². The maximum atomic E-state index is 13.3. The number of halogens is 2. The Morgan fingerprint density at radius 1 is 1.00 bits per heavy atom. The Hall–Kier alpha value is -1.74. The van der Waals surface area contributed by atoms with Crippen molar-refractivity contribution in [2.24, 2.45) is 5.73 Å². The normalized spacial score (nSPS) is 14.3. The lowest BCUT2D eigenvalue weighted by Gasteiger charge is -2.27. The zero-order chi connectivity index (χ0) is 13.3. The van der Waals surface area contributed by atoms with Gasteiger partial charge < -0.3 is 5.73 Å². The monoisotopic (exact) mass is 247 g/mol. The second-order valence-electron chi connectivity index (χ2n) is 4.68. The second kappa shape index (κ2) is 4.50. The lowest BCUT2D eigenvalue weighted by molar-refractivity contribution is 0.549. The van der Waals surface area contributed by atoms with Gasteiger partial charge in [-0.3, -0.25) is 0 Å². The molecule has 3 heteroatoms. The van der Waals surface area contributed by atoms with Gasteiger partial charge >= 0.3 is 0 Å². The van der Waals surface area contributed by atoms with Gasteiger partial charge in [-0.15, -0.1) is 0 Å². The summed E-state index contributed by atoms with van der Waals surface area (Å²) in [5.41, 5.74) is 7.62. The highest BCUT2D eigenvalue weighted by Gasteiger charge is 2.26. The third kappa shape index (κ3) is 2.27. The summed E-state index contributed by atoms with van der Waals surface area (Å²) in [4.78, 5) is 0. The molecule has 0 saturated heterocycles. The van der Waals surface area contributed by atoms with Gasteiger partial charge in [0.1, 0.15) is 11.6 Å². The molecule has 0 spiro atoms. The molecule has 0 radical (unpaired) electrons. The van der Waals surface area contributed by atoms with Crippen LogP contribution in [0, 0.1) is 18.6 Å². The van der Waals surface area contributed by atoms with Crippen molar-refractivity contribution in [2.75, 3.05) is 0 Å². The van der Waals surface area contributed by atoms with E-state index in [-0.39, 0.29) is 0 Å². The predicted octanol–water partition coefficient (Wildman–Crippen LogP) is 3.50. The average Bonchev–Trinajstić information content (AvgIpc) is 2.28. The topological polar surface area (TPSA) is 26.0 Å². The van der Waals surface area contributed by atoms with E-state index in [0.717, 1.165) is 17.2 Å². The van der Waals surface area contributed by atoms with Crippen molar-refractivity contribution in [1.29, 1.82) is 0 Å². The van der Waals surface area contributed by atoms with Crippen LogP contribution in [0.4, 0.5) is 8.78 Å². The van der Waals surface area contributed by atoms with Crippen LogP contribution in [0.5, 0.6) is 0 Å². The molecule has 2 rings (SSSR count). The summed E-state index contributed by atoms with van der Waals surface area (Å²) in [7, 11) is 0. The summed E-state index contributed by atoms with van der Waals surface area (Å²) in [5, 5.41) is 0. The first-order chi connectivity index (χ1) is 8.41. The summed E-state index contributed by atoms with van der Waals surface area (Å²) >= 11 is 0. The molecule has 0 bridgehead atoms. The third-order valence-electron chi connectivity index (χ3n) is 3.17. The van der Waals surface area contributed by atoms with Crippen molar-refractivity contribution in [3.05, 3.63) is 70.8 Å². The Morgan fingerprint density at radius 2 is 1.56 bits per heavy atom. The Kier molecular flexibility index (Phi) is 3.18. The van der Waals surface area contributed by atoms with Crippen LogP contribution < -0.4 is 5.73 Å². The van der Waals surface area contributed by atoms with Crippen LogP contribution in [-0.4, -0.2) is 0 Å². The largest absolute Gasteiger partial charge is 0.318 e. The number of rotatable bonds is 2. The van der Waals surface area contributed by atoms with Crippen molar-refractivity contribution in [3.8, 4) is 0 Å². The molecule has 0 aliphatic heterocycles. The highest BCUT2D eigenvalue weighted by molar-refractivity contribution is 5.41. The molecule has 18 heavy (non-hydrogen) atoms. The fourth-order valence-electron chi connectivity index (χ4n) is 2.16. The Bertz CT molecular complexity index is 556. The first kappa shape index (κ1) is 12.7. The molecule has 1 atom stereocenters. The molecule has 2 aromatic carbocycles. The second-order valence-corrected chi connectivity index (χ2v) is 4.68. The van der Waals surface area contributed by atoms with Crippen molar-refractivity contribution in [3.63, 3.8) is 0 Å². The molecule has 94 valence electrons. The zero-order valence-corrected chi connectivity index (χ0v) is 10.4. The number of benzene rings is 2. The fraction of sp³-hybridized carbons (Fsp3) is 0.200. The van der Waals surface area contributed by atoms with Crippen LogP contribution >= 0.6 is 0 Å². The summed E-state index contributed by atoms with van der Waals surface area (Å²) in [6.45, 7) is 3.68. The lowest BCUT2D eigenvalue weighted by atomic mass is 9.83. The van der Waals surface area contributed by atoms with Gasteiger partial charge in [0, 0.05) is 6.07 Å². The maximum Gasteiger partial charge on any atom is 0.126 e. The van der Waals surface area contributed by atoms with Gasteiger partial charge in [0.05, 0.1) is 5.54 Å². The Labute approximate surface area is 105 Å². The van der Waals surface area contributed by atoms with Crippen molar-refractivity contribution < 1.29 is 8.78 Å². The first-order valence-electron chi connectivity index (χ1n) is 5.73. The molecule has 0 heterocycles. The van der Waals surface area contributed by atoms with E-state index < -0.39 is 17.2 Å². The number of nitrogens with two attached hydrogens (primary N) is 1. The van der Waals surface area contributed by atoms with E-state index in [4.69, 9.17) is 5.73 Å². The van der Waals surface area contributed by atoms with Gasteiger partial charge in [-0.25, -0.2) is 8.78 Å². The molecule has 0 fully saturated rings. The van der Waals surface area contributed by atoms with Gasteiger partial charge in [-0.05, 0) is 42.7 Å². The van der Waals surface area contributed by atoms with E-state index in [1.165, 1.54) is 12.1 Å². The molecular formula is C15H15F2N. The van der Waals surface area contributed by atoms with Gasteiger partial charge in [0.15, 0.2) is 0 Å². The van der Waals surface area contributed by atoms with E-state index in [1.54, 1.807) is 6.92 Å². The molecule has 0 aliphatic rings. The van der Waals surface area contributed by atoms with Gasteiger partial charge in [-0.1, -0.05) is 24.3 Å². The average molecular weight is 247 g/mol. The van der Waals surface area contributed by atoms with Crippen molar-refractivity contribution >= 4 is 0 Å². The standard InChI is InChI=1S/C15H15F2N/c1-10-5-3-4-6-14(10)15(2,18)11-7-12(16)9-13(17)8-11/h3-9H,18H2,1-2H3. The number of aryl methyl sites for hydroxylation is 1. The highest BCUT2D eigenvalue weighted by atomic mass is 19.1. The summed E-state index contributed by atoms with van der Waals surface area (Å²) in [6, 6.07) is 11.0. The van der Waals surface area contributed by atoms with Gasteiger partial charge in [0.2, 0.25) is 0 Å². The summed E-state index contributed by atoms with van der Waals surface area (Å²) in [5.74, 6) is -1.23. The SMILES string of the molecule is Cc1ccccc1C(C)(N)c1cc(F)cc(F)c1. The van der Waals surface area contributed by atoms with E-state index in [2.05, 4.69) is 0 Å². The fourth-order valence-corrected chi connectivity index (χ4v) is 2.16. The minimum atomic E-state index is -0.922. The van der Waals surface area contributed by atoms with Crippen LogP contribution in [0.3, 0.4) is 0 Å². The van der Waals surface area contributed by atoms with E-state index in [1.807, 2.05) is 31.2 Å². The Morgan fingerprint density at radius 3 is 2.11 bits per heavy atom. The molecule has 2 N–H and O–H groups in total. The van der Waals surface area contributed by atoms with Gasteiger partial charge in [0.25, 0.3) is 0 Å². The number of hydrogen-bond donors (Lipinski definition) is 1. The van der Waals surface area contributed by atoms with Crippen LogP contribution in [0.2, 0.25) is 0 Å². The molecule has 2 aromatic rings.